The molecule has 2 rings (SSSR count). The number of carbonyl (C=O) groups is 1. The Labute approximate surface area is 124 Å². The van der Waals surface area contributed by atoms with Gasteiger partial charge >= 0.3 is 0 Å². The molecule has 0 aromatic carbocycles. The van der Waals surface area contributed by atoms with Crippen molar-refractivity contribution >= 4 is 11.7 Å². The number of hydrogen-bond acceptors (Lipinski definition) is 4. The third kappa shape index (κ3) is 4.02. The van der Waals surface area contributed by atoms with Crippen molar-refractivity contribution in [2.24, 2.45) is 0 Å². The minimum Gasteiger partial charge on any atom is -0.370 e. The van der Waals surface area contributed by atoms with E-state index >= 15 is 0 Å². The van der Waals surface area contributed by atoms with E-state index in [9.17, 15) is 4.79 Å². The summed E-state index contributed by atoms with van der Waals surface area (Å²) in [6, 6.07) is 5.47. The van der Waals surface area contributed by atoms with Crippen molar-refractivity contribution in [2.45, 2.75) is 27.3 Å². The molecule has 0 aliphatic carbocycles. The molecule has 0 bridgehead atoms. The highest BCUT2D eigenvalue weighted by molar-refractivity contribution is 5.94. The molecule has 0 fully saturated rings. The van der Waals surface area contributed by atoms with Crippen molar-refractivity contribution in [3.8, 4) is 0 Å². The maximum Gasteiger partial charge on any atom is 0.251 e. The fourth-order valence-electron chi connectivity index (χ4n) is 2.05. The van der Waals surface area contributed by atoms with Crippen molar-refractivity contribution in [3.05, 3.63) is 53.0 Å². The summed E-state index contributed by atoms with van der Waals surface area (Å²) in [6.45, 7) is 7.12. The fraction of sp³-hybridized carbons (Fsp3) is 0.312. The normalized spacial score (nSPS) is 10.2. The average Bonchev–Trinajstić information content (AvgIpc) is 2.46. The van der Waals surface area contributed by atoms with Crippen molar-refractivity contribution < 1.29 is 4.79 Å². The molecule has 1 amide bonds. The summed E-state index contributed by atoms with van der Waals surface area (Å²) in [7, 11) is 0. The maximum atomic E-state index is 12.3. The molecule has 0 saturated heterocycles. The van der Waals surface area contributed by atoms with E-state index in [4.69, 9.17) is 0 Å². The quantitative estimate of drug-likeness (QED) is 0.885. The predicted molar refractivity (Wildman–Crippen MR) is 83.3 cm³/mol. The number of nitrogens with one attached hydrogen (secondary N) is 2. The van der Waals surface area contributed by atoms with Crippen molar-refractivity contribution in [1.29, 1.82) is 0 Å². The number of hydrogen-bond donors (Lipinski definition) is 2. The first-order valence-electron chi connectivity index (χ1n) is 7.00. The molecule has 2 N–H and O–H groups in total. The van der Waals surface area contributed by atoms with Crippen LogP contribution in [0.25, 0.3) is 0 Å². The molecule has 0 radical (unpaired) electrons. The second kappa shape index (κ2) is 6.83. The first-order chi connectivity index (χ1) is 10.1. The molecule has 21 heavy (non-hydrogen) atoms. The van der Waals surface area contributed by atoms with Crippen LogP contribution in [0.4, 0.5) is 5.82 Å². The lowest BCUT2D eigenvalue weighted by Crippen LogP contribution is -2.23. The Morgan fingerprint density at radius 2 is 2.10 bits per heavy atom. The molecule has 0 atom stereocenters. The third-order valence-electron chi connectivity index (χ3n) is 3.15. The van der Waals surface area contributed by atoms with Crippen molar-refractivity contribution in [3.63, 3.8) is 0 Å². The van der Waals surface area contributed by atoms with E-state index in [0.717, 1.165) is 29.2 Å². The minimum absolute atomic E-state index is 0.101. The summed E-state index contributed by atoms with van der Waals surface area (Å²) in [5.74, 6) is 0.624. The predicted octanol–water partition coefficient (Wildman–Crippen LogP) is 2.46. The summed E-state index contributed by atoms with van der Waals surface area (Å²) < 4.78 is 0. The van der Waals surface area contributed by atoms with Crippen LogP contribution in [0.1, 0.15) is 34.1 Å². The van der Waals surface area contributed by atoms with E-state index in [1.807, 2.05) is 26.8 Å². The standard InChI is InChI=1S/C16H20N4O/c1-4-18-15-8-14(7-12(3)20-15)16(21)19-10-13-5-6-17-9-11(13)2/h5-9H,4,10H2,1-3H3,(H,18,20)(H,19,21). The van der Waals surface area contributed by atoms with Crippen LogP contribution in [0, 0.1) is 13.8 Å². The molecule has 0 aliphatic heterocycles. The molecule has 5 nitrogen and oxygen atoms in total. The number of aryl methyl sites for hydroxylation is 2. The lowest BCUT2D eigenvalue weighted by atomic mass is 10.1. The lowest BCUT2D eigenvalue weighted by molar-refractivity contribution is 0.0950. The number of anilines is 1. The van der Waals surface area contributed by atoms with E-state index in [1.54, 1.807) is 24.5 Å². The number of aromatic nitrogens is 2. The molecular formula is C16H20N4O. The highest BCUT2D eigenvalue weighted by atomic mass is 16.1. The van der Waals surface area contributed by atoms with Gasteiger partial charge < -0.3 is 10.6 Å². The molecule has 0 unspecified atom stereocenters. The maximum absolute atomic E-state index is 12.3. The van der Waals surface area contributed by atoms with Crippen LogP contribution in [0.15, 0.2) is 30.6 Å². The van der Waals surface area contributed by atoms with E-state index in [2.05, 4.69) is 20.6 Å². The summed E-state index contributed by atoms with van der Waals surface area (Å²) in [5.41, 5.74) is 3.57. The number of nitrogens with zero attached hydrogens (tertiary/aromatic N) is 2. The van der Waals surface area contributed by atoms with E-state index in [1.165, 1.54) is 0 Å². The molecule has 110 valence electrons. The summed E-state index contributed by atoms with van der Waals surface area (Å²) in [4.78, 5) is 20.6. The number of amides is 1. The second-order valence-electron chi connectivity index (χ2n) is 4.90. The Bertz CT molecular complexity index is 640. The zero-order chi connectivity index (χ0) is 15.2. The third-order valence-corrected chi connectivity index (χ3v) is 3.15. The van der Waals surface area contributed by atoms with E-state index in [0.29, 0.717) is 12.1 Å². The van der Waals surface area contributed by atoms with Gasteiger partial charge in [-0.1, -0.05) is 0 Å². The Kier molecular flexibility index (Phi) is 4.87. The van der Waals surface area contributed by atoms with Crippen LogP contribution < -0.4 is 10.6 Å². The Morgan fingerprint density at radius 1 is 1.29 bits per heavy atom. The van der Waals surface area contributed by atoms with Gasteiger partial charge in [-0.05, 0) is 50.1 Å². The number of carbonyl (C=O) groups excluding carboxylic acids is 1. The largest absolute Gasteiger partial charge is 0.370 e. The van der Waals surface area contributed by atoms with Crippen LogP contribution in [0.2, 0.25) is 0 Å². The van der Waals surface area contributed by atoms with Crippen LogP contribution in [-0.2, 0) is 6.54 Å². The van der Waals surface area contributed by atoms with E-state index in [-0.39, 0.29) is 5.91 Å². The SMILES string of the molecule is CCNc1cc(C(=O)NCc2ccncc2C)cc(C)n1. The van der Waals surface area contributed by atoms with Gasteiger partial charge in [0.25, 0.3) is 5.91 Å². The number of pyridine rings is 2. The van der Waals surface area contributed by atoms with Gasteiger partial charge in [0.2, 0.25) is 0 Å². The van der Waals surface area contributed by atoms with Crippen molar-refractivity contribution in [1.82, 2.24) is 15.3 Å². The van der Waals surface area contributed by atoms with Gasteiger partial charge in [-0.15, -0.1) is 0 Å². The summed E-state index contributed by atoms with van der Waals surface area (Å²) in [5, 5.41) is 6.06. The molecule has 2 aromatic rings. The molecule has 5 heteroatoms. The van der Waals surface area contributed by atoms with Crippen LogP contribution in [0.3, 0.4) is 0 Å². The molecule has 0 spiro atoms. The Morgan fingerprint density at radius 3 is 2.81 bits per heavy atom. The average molecular weight is 284 g/mol. The zero-order valence-electron chi connectivity index (χ0n) is 12.6. The topological polar surface area (TPSA) is 66.9 Å². The molecule has 0 saturated carbocycles. The lowest BCUT2D eigenvalue weighted by Gasteiger charge is -2.10. The molecular weight excluding hydrogens is 264 g/mol. The summed E-state index contributed by atoms with van der Waals surface area (Å²) >= 11 is 0. The molecule has 0 aliphatic rings. The van der Waals surface area contributed by atoms with Gasteiger partial charge in [0.15, 0.2) is 0 Å². The molecule has 2 heterocycles. The van der Waals surface area contributed by atoms with Gasteiger partial charge in [-0.3, -0.25) is 9.78 Å². The van der Waals surface area contributed by atoms with Gasteiger partial charge in [0.05, 0.1) is 0 Å². The fourth-order valence-corrected chi connectivity index (χ4v) is 2.05. The molecule has 2 aromatic heterocycles. The Hall–Kier alpha value is -2.43. The highest BCUT2D eigenvalue weighted by Crippen LogP contribution is 2.11. The van der Waals surface area contributed by atoms with Crippen LogP contribution in [-0.4, -0.2) is 22.4 Å². The first kappa shape index (κ1) is 15.0. The van der Waals surface area contributed by atoms with Gasteiger partial charge in [-0.2, -0.15) is 0 Å². The monoisotopic (exact) mass is 284 g/mol. The highest BCUT2D eigenvalue weighted by Gasteiger charge is 2.09. The van der Waals surface area contributed by atoms with Gasteiger partial charge in [0, 0.05) is 36.7 Å². The Balaban J connectivity index is 2.08. The smallest absolute Gasteiger partial charge is 0.251 e. The first-order valence-corrected chi connectivity index (χ1v) is 7.00. The van der Waals surface area contributed by atoms with Crippen molar-refractivity contribution in [2.75, 3.05) is 11.9 Å². The van der Waals surface area contributed by atoms with Crippen LogP contribution in [0.5, 0.6) is 0 Å². The second-order valence-corrected chi connectivity index (χ2v) is 4.90. The van der Waals surface area contributed by atoms with Crippen LogP contribution >= 0.6 is 0 Å². The summed E-state index contributed by atoms with van der Waals surface area (Å²) in [6.07, 6.45) is 3.52. The van der Waals surface area contributed by atoms with Gasteiger partial charge in [0.1, 0.15) is 5.82 Å². The van der Waals surface area contributed by atoms with Gasteiger partial charge in [-0.25, -0.2) is 4.98 Å². The number of rotatable bonds is 5. The zero-order valence-corrected chi connectivity index (χ0v) is 12.6. The van der Waals surface area contributed by atoms with E-state index < -0.39 is 0 Å². The minimum atomic E-state index is -0.101.